The molecule has 8 heavy (non-hydrogen) atoms. The maximum absolute atomic E-state index is 8.11. The van der Waals surface area contributed by atoms with Gasteiger partial charge in [0, 0.05) is 0 Å². The molecule has 2 N–H and O–H groups in total. The molecule has 1 atom stereocenters. The van der Waals surface area contributed by atoms with Crippen LogP contribution in [0.1, 0.15) is 6.92 Å². The van der Waals surface area contributed by atoms with Crippen molar-refractivity contribution in [2.24, 2.45) is 0 Å². The molecule has 0 rings (SSSR count). The summed E-state index contributed by atoms with van der Waals surface area (Å²) < 4.78 is 0. The van der Waals surface area contributed by atoms with E-state index in [9.17, 15) is 0 Å². The van der Waals surface area contributed by atoms with Gasteiger partial charge in [-0.05, 0) is 6.92 Å². The number of halogens is 2. The molecule has 0 aromatic carbocycles. The molecule has 0 heterocycles. The fourth-order valence-corrected chi connectivity index (χ4v) is 0. The van der Waals surface area contributed by atoms with Crippen molar-refractivity contribution in [2.45, 2.75) is 13.0 Å². The summed E-state index contributed by atoms with van der Waals surface area (Å²) in [7, 11) is 0. The van der Waals surface area contributed by atoms with Crippen molar-refractivity contribution in [3.05, 3.63) is 0 Å². The van der Waals surface area contributed by atoms with Crippen LogP contribution in [0, 0.1) is 0 Å². The van der Waals surface area contributed by atoms with Crippen LogP contribution in [0.2, 0.25) is 0 Å². The second-order valence-electron chi connectivity index (χ2n) is 1.03. The molecular weight excluding hydrogens is 198 g/mol. The molecule has 0 aliphatic carbocycles. The standard InChI is InChI=1S/C3H8O2.2ClH.Co/c1-3(5)2-4;;;/h3-5H,2H2,1H3;2*1H;/q;;;+2/p-2. The second kappa shape index (κ2) is 15.7. The Morgan fingerprint density at radius 1 is 1.38 bits per heavy atom. The van der Waals surface area contributed by atoms with Crippen LogP contribution < -0.4 is 24.8 Å². The Balaban J connectivity index is -0.0000000267. The predicted octanol–water partition coefficient (Wildman–Crippen LogP) is -6.63. The van der Waals surface area contributed by atoms with E-state index in [1.54, 1.807) is 0 Å². The summed E-state index contributed by atoms with van der Waals surface area (Å²) in [5.41, 5.74) is 0. The molecule has 0 aliphatic heterocycles. The average molecular weight is 206 g/mol. The molecule has 0 amide bonds. The second-order valence-corrected chi connectivity index (χ2v) is 1.03. The van der Waals surface area contributed by atoms with Gasteiger partial charge in [-0.2, -0.15) is 0 Å². The summed E-state index contributed by atoms with van der Waals surface area (Å²) in [6.07, 6.45) is -0.560. The Kier molecular flexibility index (Phi) is 45.2. The van der Waals surface area contributed by atoms with Gasteiger partial charge in [-0.15, -0.1) is 0 Å². The van der Waals surface area contributed by atoms with E-state index in [2.05, 4.69) is 0 Å². The molecule has 5 heteroatoms. The molecule has 0 aromatic heterocycles. The number of hydrogen-bond donors (Lipinski definition) is 2. The zero-order chi connectivity index (χ0) is 4.28. The summed E-state index contributed by atoms with van der Waals surface area (Å²) >= 11 is 0. The molecule has 0 bridgehead atoms. The summed E-state index contributed by atoms with van der Waals surface area (Å²) in [6, 6.07) is 0. The Bertz CT molecular complexity index is 29.2. The van der Waals surface area contributed by atoms with E-state index in [0.717, 1.165) is 0 Å². The molecule has 1 unspecified atom stereocenters. The Morgan fingerprint density at radius 3 is 1.50 bits per heavy atom. The maximum atomic E-state index is 8.11. The summed E-state index contributed by atoms with van der Waals surface area (Å²) in [5, 5.41) is 16.0. The Hall–Kier alpha value is 1.01. The molecule has 0 spiro atoms. The van der Waals surface area contributed by atoms with E-state index in [-0.39, 0.29) is 48.2 Å². The van der Waals surface area contributed by atoms with Gasteiger partial charge in [-0.25, -0.2) is 0 Å². The van der Waals surface area contributed by atoms with Crippen molar-refractivity contribution in [2.75, 3.05) is 6.61 Å². The average Bonchev–Trinajstić information content (AvgIpc) is 1.38. The van der Waals surface area contributed by atoms with Gasteiger partial charge in [0.1, 0.15) is 0 Å². The van der Waals surface area contributed by atoms with Gasteiger partial charge in [0.25, 0.3) is 0 Å². The normalized spacial score (nSPS) is 9.38. The molecule has 0 aromatic rings. The van der Waals surface area contributed by atoms with E-state index in [1.807, 2.05) is 0 Å². The molecule has 0 fully saturated rings. The minimum Gasteiger partial charge on any atom is -1.00 e. The zero-order valence-electron chi connectivity index (χ0n) is 4.27. The Labute approximate surface area is 71.7 Å². The van der Waals surface area contributed by atoms with Gasteiger partial charge in [-0.1, -0.05) is 0 Å². The minimum atomic E-state index is -0.560. The van der Waals surface area contributed by atoms with Crippen molar-refractivity contribution in [3.63, 3.8) is 0 Å². The first-order valence-corrected chi connectivity index (χ1v) is 1.56. The van der Waals surface area contributed by atoms with E-state index in [4.69, 9.17) is 10.2 Å². The molecule has 2 nitrogen and oxygen atoms in total. The summed E-state index contributed by atoms with van der Waals surface area (Å²) in [4.78, 5) is 0. The minimum absolute atomic E-state index is 0. The van der Waals surface area contributed by atoms with Crippen LogP contribution in [0.3, 0.4) is 0 Å². The van der Waals surface area contributed by atoms with Gasteiger partial charge in [-0.3, -0.25) is 0 Å². The number of aliphatic hydroxyl groups excluding tert-OH is 2. The van der Waals surface area contributed by atoms with Crippen LogP contribution in [0.25, 0.3) is 0 Å². The summed E-state index contributed by atoms with van der Waals surface area (Å²) in [5.74, 6) is 0. The van der Waals surface area contributed by atoms with Crippen LogP contribution >= 0.6 is 0 Å². The first-order valence-electron chi connectivity index (χ1n) is 1.56. The van der Waals surface area contributed by atoms with E-state index in [0.29, 0.717) is 0 Å². The summed E-state index contributed by atoms with van der Waals surface area (Å²) in [6.45, 7) is 1.39. The first-order chi connectivity index (χ1) is 2.27. The topological polar surface area (TPSA) is 40.5 Å². The number of rotatable bonds is 1. The maximum Gasteiger partial charge on any atom is 2.00 e. The molecule has 0 saturated heterocycles. The quantitative estimate of drug-likeness (QED) is 0.447. The molecule has 1 radical (unpaired) electrons. The molecular formula is C3H8Cl2CoO2. The number of aliphatic hydroxyl groups is 2. The number of hydrogen-bond acceptors (Lipinski definition) is 2. The van der Waals surface area contributed by atoms with Gasteiger partial charge in [0.2, 0.25) is 0 Å². The smallest absolute Gasteiger partial charge is 1.00 e. The molecule has 0 saturated carbocycles. The monoisotopic (exact) mass is 205 g/mol. The van der Waals surface area contributed by atoms with Crippen LogP contribution in [0.15, 0.2) is 0 Å². The van der Waals surface area contributed by atoms with E-state index in [1.165, 1.54) is 6.92 Å². The van der Waals surface area contributed by atoms with Crippen molar-refractivity contribution >= 4 is 0 Å². The third kappa shape index (κ3) is 28.0. The third-order valence-corrected chi connectivity index (χ3v) is 0.264. The fourth-order valence-electron chi connectivity index (χ4n) is 0. The molecule has 55 valence electrons. The third-order valence-electron chi connectivity index (χ3n) is 0.264. The Morgan fingerprint density at radius 2 is 1.50 bits per heavy atom. The zero-order valence-corrected chi connectivity index (χ0v) is 6.82. The van der Waals surface area contributed by atoms with Crippen LogP contribution in [0.4, 0.5) is 0 Å². The van der Waals surface area contributed by atoms with Crippen molar-refractivity contribution in [1.82, 2.24) is 0 Å². The molecule has 0 aliphatic rings. The van der Waals surface area contributed by atoms with Gasteiger partial charge in [0.15, 0.2) is 0 Å². The predicted molar refractivity (Wildman–Crippen MR) is 18.8 cm³/mol. The van der Waals surface area contributed by atoms with Crippen LogP contribution in [-0.4, -0.2) is 22.9 Å². The van der Waals surface area contributed by atoms with Crippen molar-refractivity contribution < 1.29 is 51.8 Å². The van der Waals surface area contributed by atoms with Crippen molar-refractivity contribution in [3.8, 4) is 0 Å². The van der Waals surface area contributed by atoms with E-state index < -0.39 is 6.10 Å². The van der Waals surface area contributed by atoms with Crippen LogP contribution in [-0.2, 0) is 16.8 Å². The van der Waals surface area contributed by atoms with E-state index >= 15 is 0 Å². The van der Waals surface area contributed by atoms with Crippen molar-refractivity contribution in [1.29, 1.82) is 0 Å². The van der Waals surface area contributed by atoms with Crippen LogP contribution in [0.5, 0.6) is 0 Å². The van der Waals surface area contributed by atoms with Gasteiger partial charge < -0.3 is 35.0 Å². The largest absolute Gasteiger partial charge is 2.00 e. The first kappa shape index (κ1) is 23.0. The van der Waals surface area contributed by atoms with Gasteiger partial charge >= 0.3 is 16.8 Å². The fraction of sp³-hybridized carbons (Fsp3) is 1.00. The van der Waals surface area contributed by atoms with Gasteiger partial charge in [0.05, 0.1) is 12.7 Å². The SMILES string of the molecule is CC(O)CO.[Cl-].[Cl-].[Co+2].